The Morgan fingerprint density at radius 2 is 1.82 bits per heavy atom. The van der Waals surface area contributed by atoms with Crippen LogP contribution in [0.3, 0.4) is 0 Å². The maximum Gasteiger partial charge on any atom is 0.266 e. The second kappa shape index (κ2) is 10.5. The number of halogens is 2. The van der Waals surface area contributed by atoms with Gasteiger partial charge in [-0.25, -0.2) is 0 Å². The number of nitrogens with zero attached hydrogens (tertiary/aromatic N) is 1. The monoisotopic (exact) mass is 564 g/mol. The molecular weight excluding hydrogens is 547 g/mol. The van der Waals surface area contributed by atoms with E-state index in [2.05, 4.69) is 58.2 Å². The van der Waals surface area contributed by atoms with E-state index in [-0.39, 0.29) is 5.57 Å². The maximum absolute atomic E-state index is 12.5. The normalized spacial score (nSPS) is 11.1. The van der Waals surface area contributed by atoms with Crippen LogP contribution in [0.25, 0.3) is 16.8 Å². The summed E-state index contributed by atoms with van der Waals surface area (Å²) in [5, 5.41) is 15.0. The Hall–Kier alpha value is -3.34. The van der Waals surface area contributed by atoms with E-state index < -0.39 is 5.91 Å². The lowest BCUT2D eigenvalue weighted by atomic mass is 10.1. The summed E-state index contributed by atoms with van der Waals surface area (Å²) in [6, 6.07) is 28.8. The minimum Gasteiger partial charge on any atom is -0.488 e. The first-order valence-corrected chi connectivity index (χ1v) is 11.6. The molecule has 0 aliphatic carbocycles. The number of rotatable bonds is 6. The van der Waals surface area contributed by atoms with Crippen LogP contribution in [-0.4, -0.2) is 5.91 Å². The van der Waals surface area contributed by atoms with Crippen molar-refractivity contribution in [2.24, 2.45) is 0 Å². The zero-order valence-corrected chi connectivity index (χ0v) is 20.3. The fourth-order valence-corrected chi connectivity index (χ4v) is 4.18. The molecule has 1 N–H and O–H groups in total. The van der Waals surface area contributed by atoms with E-state index in [0.29, 0.717) is 17.3 Å². The van der Waals surface area contributed by atoms with Gasteiger partial charge in [-0.1, -0.05) is 60.1 Å². The van der Waals surface area contributed by atoms with Gasteiger partial charge in [0.15, 0.2) is 0 Å². The van der Waals surface area contributed by atoms with E-state index in [1.807, 2.05) is 36.4 Å². The van der Waals surface area contributed by atoms with E-state index in [0.717, 1.165) is 20.4 Å². The summed E-state index contributed by atoms with van der Waals surface area (Å²) >= 11 is 8.14. The van der Waals surface area contributed by atoms with Crippen molar-refractivity contribution in [1.29, 1.82) is 5.26 Å². The van der Waals surface area contributed by atoms with E-state index in [1.165, 1.54) is 10.8 Å². The predicted octanol–water partition coefficient (Wildman–Crippen LogP) is 7.22. The van der Waals surface area contributed by atoms with Crippen LogP contribution in [0.15, 0.2) is 90.5 Å². The molecule has 0 atom stereocenters. The fourth-order valence-electron chi connectivity index (χ4n) is 3.29. The quantitative estimate of drug-likeness (QED) is 0.153. The van der Waals surface area contributed by atoms with Crippen molar-refractivity contribution in [1.82, 2.24) is 0 Å². The van der Waals surface area contributed by atoms with Gasteiger partial charge < -0.3 is 10.1 Å². The second-order valence-electron chi connectivity index (χ2n) is 7.29. The molecule has 0 unspecified atom stereocenters. The van der Waals surface area contributed by atoms with Gasteiger partial charge in [-0.3, -0.25) is 4.79 Å². The third-order valence-electron chi connectivity index (χ3n) is 4.92. The average Bonchev–Trinajstić information content (AvgIpc) is 2.81. The molecule has 4 nitrogen and oxygen atoms in total. The third kappa shape index (κ3) is 5.92. The number of hydrogen-bond donors (Lipinski definition) is 1. The molecule has 0 spiro atoms. The molecule has 0 saturated heterocycles. The Morgan fingerprint density at radius 1 is 1.00 bits per heavy atom. The number of anilines is 1. The first-order chi connectivity index (χ1) is 16.0. The molecule has 4 aromatic carbocycles. The number of nitrogens with one attached hydrogen (secondary N) is 1. The lowest BCUT2D eigenvalue weighted by molar-refractivity contribution is -0.112. The number of carbonyl (C=O) groups excluding carboxylic acids is 1. The zero-order valence-electron chi connectivity index (χ0n) is 17.4. The van der Waals surface area contributed by atoms with E-state index in [1.54, 1.807) is 30.3 Å². The van der Waals surface area contributed by atoms with Crippen molar-refractivity contribution in [2.45, 2.75) is 6.61 Å². The average molecular weight is 565 g/mol. The van der Waals surface area contributed by atoms with Crippen LogP contribution in [0.1, 0.15) is 11.1 Å². The highest BCUT2D eigenvalue weighted by Crippen LogP contribution is 2.25. The molecule has 0 heterocycles. The van der Waals surface area contributed by atoms with Gasteiger partial charge in [0.05, 0.1) is 3.57 Å². The number of ether oxygens (including phenoxy) is 1. The van der Waals surface area contributed by atoms with Gasteiger partial charge in [0, 0.05) is 10.7 Å². The minimum absolute atomic E-state index is 0.00407. The first-order valence-electron chi connectivity index (χ1n) is 10.1. The number of benzene rings is 4. The molecule has 0 radical (unpaired) electrons. The molecule has 4 rings (SSSR count). The van der Waals surface area contributed by atoms with Crippen molar-refractivity contribution >= 4 is 62.6 Å². The van der Waals surface area contributed by atoms with Crippen LogP contribution >= 0.6 is 34.2 Å². The van der Waals surface area contributed by atoms with Gasteiger partial charge in [-0.05, 0) is 87.0 Å². The highest BCUT2D eigenvalue weighted by atomic mass is 127. The molecule has 0 fully saturated rings. The zero-order chi connectivity index (χ0) is 23.2. The van der Waals surface area contributed by atoms with Crippen LogP contribution < -0.4 is 10.1 Å². The van der Waals surface area contributed by atoms with Crippen LogP contribution in [0.5, 0.6) is 5.75 Å². The predicted molar refractivity (Wildman–Crippen MR) is 141 cm³/mol. The molecular formula is C27H18ClIN2O2. The summed E-state index contributed by atoms with van der Waals surface area (Å²) in [6.07, 6.45) is 1.55. The Bertz CT molecular complexity index is 1410. The summed E-state index contributed by atoms with van der Waals surface area (Å²) in [7, 11) is 0. The lowest BCUT2D eigenvalue weighted by Crippen LogP contribution is -2.13. The van der Waals surface area contributed by atoms with Crippen molar-refractivity contribution in [3.63, 3.8) is 0 Å². The SMILES string of the molecule is N#C/C(=C\c1ccc(OCc2ccc3ccccc3c2)c(I)c1)C(=O)Nc1cccc(Cl)c1. The van der Waals surface area contributed by atoms with Crippen molar-refractivity contribution < 1.29 is 9.53 Å². The Morgan fingerprint density at radius 3 is 2.58 bits per heavy atom. The summed E-state index contributed by atoms with van der Waals surface area (Å²) in [6.45, 7) is 0.446. The number of hydrogen-bond acceptors (Lipinski definition) is 3. The molecule has 0 aromatic heterocycles. The summed E-state index contributed by atoms with van der Waals surface area (Å²) in [4.78, 5) is 12.5. The number of fused-ring (bicyclic) bond motifs is 1. The van der Waals surface area contributed by atoms with Crippen molar-refractivity contribution in [3.05, 3.63) is 110 Å². The second-order valence-corrected chi connectivity index (χ2v) is 8.89. The molecule has 1 amide bonds. The Labute approximate surface area is 210 Å². The van der Waals surface area contributed by atoms with E-state index in [9.17, 15) is 10.1 Å². The third-order valence-corrected chi connectivity index (χ3v) is 6.00. The van der Waals surface area contributed by atoms with Gasteiger partial charge in [0.2, 0.25) is 0 Å². The number of carbonyl (C=O) groups is 1. The largest absolute Gasteiger partial charge is 0.488 e. The molecule has 6 heteroatoms. The summed E-state index contributed by atoms with van der Waals surface area (Å²) in [5.74, 6) is 0.245. The first kappa shape index (κ1) is 22.8. The molecule has 33 heavy (non-hydrogen) atoms. The highest BCUT2D eigenvalue weighted by Gasteiger charge is 2.11. The lowest BCUT2D eigenvalue weighted by Gasteiger charge is -2.10. The van der Waals surface area contributed by atoms with Gasteiger partial charge in [-0.15, -0.1) is 0 Å². The van der Waals surface area contributed by atoms with Crippen LogP contribution in [0.4, 0.5) is 5.69 Å². The van der Waals surface area contributed by atoms with E-state index in [4.69, 9.17) is 16.3 Å². The van der Waals surface area contributed by atoms with Crippen molar-refractivity contribution in [2.75, 3.05) is 5.32 Å². The van der Waals surface area contributed by atoms with Gasteiger partial charge in [0.1, 0.15) is 24.0 Å². The van der Waals surface area contributed by atoms with Crippen LogP contribution in [0.2, 0.25) is 5.02 Å². The smallest absolute Gasteiger partial charge is 0.266 e. The molecule has 0 aliphatic heterocycles. The van der Waals surface area contributed by atoms with Gasteiger partial charge in [0.25, 0.3) is 5.91 Å². The van der Waals surface area contributed by atoms with Crippen LogP contribution in [0, 0.1) is 14.9 Å². The fraction of sp³-hybridized carbons (Fsp3) is 0.0370. The number of amides is 1. The topological polar surface area (TPSA) is 62.1 Å². The van der Waals surface area contributed by atoms with Gasteiger partial charge >= 0.3 is 0 Å². The van der Waals surface area contributed by atoms with Gasteiger partial charge in [-0.2, -0.15) is 5.26 Å². The highest BCUT2D eigenvalue weighted by molar-refractivity contribution is 14.1. The molecule has 0 aliphatic rings. The Balaban J connectivity index is 1.45. The molecule has 0 saturated carbocycles. The van der Waals surface area contributed by atoms with E-state index >= 15 is 0 Å². The summed E-state index contributed by atoms with van der Waals surface area (Å²) < 4.78 is 6.89. The van der Waals surface area contributed by atoms with Crippen molar-refractivity contribution in [3.8, 4) is 11.8 Å². The Kier molecular flexibility index (Phi) is 7.28. The molecule has 0 bridgehead atoms. The number of nitriles is 1. The van der Waals surface area contributed by atoms with Crippen LogP contribution in [-0.2, 0) is 11.4 Å². The molecule has 162 valence electrons. The minimum atomic E-state index is -0.494. The molecule has 4 aromatic rings. The maximum atomic E-state index is 12.5. The standard InChI is InChI=1S/C27H18ClIN2O2/c28-23-6-3-7-24(15-23)31-27(32)22(16-30)12-18-9-11-26(25(29)14-18)33-17-19-8-10-20-4-1-2-5-21(20)13-19/h1-15H,17H2,(H,31,32)/b22-12+. The summed E-state index contributed by atoms with van der Waals surface area (Å²) in [5.41, 5.74) is 2.34.